The number of unbranched alkanes of at least 4 members (excludes halogenated alkanes) is 1. The van der Waals surface area contributed by atoms with E-state index in [0.29, 0.717) is 12.0 Å². The summed E-state index contributed by atoms with van der Waals surface area (Å²) in [7, 11) is 0. The van der Waals surface area contributed by atoms with E-state index in [1.54, 1.807) is 18.2 Å². The Hall–Kier alpha value is -1.71. The lowest BCUT2D eigenvalue weighted by molar-refractivity contribution is -0.140. The Balaban J connectivity index is 2.48. The molecule has 1 N–H and O–H groups in total. The Kier molecular flexibility index (Phi) is 4.76. The number of nitrogens with one attached hydrogen (secondary N) is 1. The van der Waals surface area contributed by atoms with Gasteiger partial charge in [0.15, 0.2) is 0 Å². The summed E-state index contributed by atoms with van der Waals surface area (Å²) in [6.45, 7) is 4.06. The number of carbonyl (C=O) groups is 2. The van der Waals surface area contributed by atoms with Gasteiger partial charge in [-0.15, -0.1) is 0 Å². The van der Waals surface area contributed by atoms with Crippen LogP contribution in [0, 0.1) is 11.2 Å². The molecule has 0 aliphatic carbocycles. The Bertz CT molecular complexity index is 543. The summed E-state index contributed by atoms with van der Waals surface area (Å²) in [6, 6.07) is 6.39. The maximum absolute atomic E-state index is 14.2. The van der Waals surface area contributed by atoms with Crippen molar-refractivity contribution in [3.05, 3.63) is 35.6 Å². The molecular formula is C17H22FNO2. The van der Waals surface area contributed by atoms with Crippen LogP contribution in [0.3, 0.4) is 0 Å². The number of hydrogen-bond acceptors (Lipinski definition) is 2. The van der Waals surface area contributed by atoms with Crippen molar-refractivity contribution in [2.75, 3.05) is 0 Å². The highest BCUT2D eigenvalue weighted by atomic mass is 19.1. The van der Waals surface area contributed by atoms with E-state index in [9.17, 15) is 14.0 Å². The predicted molar refractivity (Wildman–Crippen MR) is 79.2 cm³/mol. The molecule has 1 aliphatic heterocycles. The first-order chi connectivity index (χ1) is 10.0. The van der Waals surface area contributed by atoms with Gasteiger partial charge in [-0.25, -0.2) is 4.39 Å². The first kappa shape index (κ1) is 15.7. The highest BCUT2D eigenvalue weighted by Gasteiger charge is 2.48. The van der Waals surface area contributed by atoms with Gasteiger partial charge in [0.25, 0.3) is 0 Å². The van der Waals surface area contributed by atoms with Gasteiger partial charge in [-0.05, 0) is 24.3 Å². The maximum atomic E-state index is 14.2. The number of piperidine rings is 1. The lowest BCUT2D eigenvalue weighted by Gasteiger charge is -2.42. The molecule has 1 heterocycles. The van der Waals surface area contributed by atoms with Gasteiger partial charge in [-0.2, -0.15) is 0 Å². The van der Waals surface area contributed by atoms with Crippen molar-refractivity contribution in [2.45, 2.75) is 51.9 Å². The molecule has 4 heteroatoms. The van der Waals surface area contributed by atoms with Crippen LogP contribution in [0.1, 0.15) is 57.4 Å². The van der Waals surface area contributed by atoms with E-state index < -0.39 is 11.3 Å². The van der Waals surface area contributed by atoms with E-state index in [4.69, 9.17) is 0 Å². The van der Waals surface area contributed by atoms with Crippen LogP contribution in [-0.2, 0) is 9.59 Å². The van der Waals surface area contributed by atoms with Crippen molar-refractivity contribution in [1.29, 1.82) is 0 Å². The van der Waals surface area contributed by atoms with E-state index in [2.05, 4.69) is 12.2 Å². The minimum atomic E-state index is -0.590. The molecule has 3 nitrogen and oxygen atoms in total. The van der Waals surface area contributed by atoms with Gasteiger partial charge in [0.1, 0.15) is 5.82 Å². The molecule has 0 saturated carbocycles. The van der Waals surface area contributed by atoms with Crippen LogP contribution in [0.2, 0.25) is 0 Å². The summed E-state index contributed by atoms with van der Waals surface area (Å²) in [4.78, 5) is 24.2. The molecule has 2 rings (SSSR count). The second-order valence-corrected chi connectivity index (χ2v) is 5.86. The smallest absolute Gasteiger partial charge is 0.234 e. The van der Waals surface area contributed by atoms with Crippen molar-refractivity contribution in [1.82, 2.24) is 5.32 Å². The fourth-order valence-corrected chi connectivity index (χ4v) is 3.40. The Morgan fingerprint density at radius 3 is 2.62 bits per heavy atom. The van der Waals surface area contributed by atoms with Crippen LogP contribution in [0.25, 0.3) is 0 Å². The first-order valence-electron chi connectivity index (χ1n) is 7.62. The number of rotatable bonds is 5. The van der Waals surface area contributed by atoms with Crippen LogP contribution in [0.15, 0.2) is 24.3 Å². The summed E-state index contributed by atoms with van der Waals surface area (Å²) in [5.74, 6) is -1.57. The van der Waals surface area contributed by atoms with Gasteiger partial charge in [0.05, 0.1) is 5.92 Å². The summed E-state index contributed by atoms with van der Waals surface area (Å²) in [5.41, 5.74) is -0.0714. The number of imide groups is 1. The molecule has 2 atom stereocenters. The predicted octanol–water partition coefficient (Wildman–Crippen LogP) is 3.54. The Morgan fingerprint density at radius 1 is 1.29 bits per heavy atom. The topological polar surface area (TPSA) is 46.2 Å². The number of hydrogen-bond donors (Lipinski definition) is 1. The minimum Gasteiger partial charge on any atom is -0.296 e. The van der Waals surface area contributed by atoms with Crippen LogP contribution in [-0.4, -0.2) is 11.8 Å². The van der Waals surface area contributed by atoms with Crippen molar-refractivity contribution in [2.24, 2.45) is 5.41 Å². The molecule has 2 unspecified atom stereocenters. The average molecular weight is 291 g/mol. The van der Waals surface area contributed by atoms with Gasteiger partial charge >= 0.3 is 0 Å². The van der Waals surface area contributed by atoms with Gasteiger partial charge in [-0.1, -0.05) is 44.9 Å². The quantitative estimate of drug-likeness (QED) is 0.843. The molecule has 1 saturated heterocycles. The molecule has 1 aromatic rings. The van der Waals surface area contributed by atoms with Crippen molar-refractivity contribution >= 4 is 11.8 Å². The highest BCUT2D eigenvalue weighted by Crippen LogP contribution is 2.48. The van der Waals surface area contributed by atoms with E-state index in [0.717, 1.165) is 19.3 Å². The fourth-order valence-electron chi connectivity index (χ4n) is 3.40. The maximum Gasteiger partial charge on any atom is 0.234 e. The molecule has 2 amide bonds. The molecule has 0 radical (unpaired) electrons. The zero-order valence-corrected chi connectivity index (χ0v) is 12.6. The molecular weight excluding hydrogens is 269 g/mol. The molecule has 114 valence electrons. The third kappa shape index (κ3) is 2.99. The zero-order chi connectivity index (χ0) is 15.5. The second kappa shape index (κ2) is 6.37. The molecule has 0 bridgehead atoms. The molecule has 0 aromatic heterocycles. The lowest BCUT2D eigenvalue weighted by atomic mass is 9.63. The molecule has 1 aliphatic rings. The Labute approximate surface area is 124 Å². The van der Waals surface area contributed by atoms with Gasteiger partial charge in [0.2, 0.25) is 11.8 Å². The van der Waals surface area contributed by atoms with Gasteiger partial charge in [0, 0.05) is 12.0 Å². The van der Waals surface area contributed by atoms with Gasteiger partial charge in [-0.3, -0.25) is 14.9 Å². The van der Waals surface area contributed by atoms with E-state index in [1.165, 1.54) is 6.07 Å². The molecule has 1 fully saturated rings. The van der Waals surface area contributed by atoms with Gasteiger partial charge < -0.3 is 0 Å². The standard InChI is InChI=1S/C17H22FNO2/c1-3-5-10-17(4-2)11-14(20)19-16(21)15(17)12-8-6-7-9-13(12)18/h6-9,15H,3-5,10-11H2,1-2H3,(H,19,20,21). The van der Waals surface area contributed by atoms with Crippen LogP contribution >= 0.6 is 0 Å². The van der Waals surface area contributed by atoms with E-state index >= 15 is 0 Å². The zero-order valence-electron chi connectivity index (χ0n) is 12.6. The Morgan fingerprint density at radius 2 is 2.00 bits per heavy atom. The van der Waals surface area contributed by atoms with Crippen LogP contribution < -0.4 is 5.32 Å². The monoisotopic (exact) mass is 291 g/mol. The third-order valence-electron chi connectivity index (χ3n) is 4.60. The van der Waals surface area contributed by atoms with E-state index in [-0.39, 0.29) is 24.1 Å². The van der Waals surface area contributed by atoms with Crippen molar-refractivity contribution in [3.8, 4) is 0 Å². The normalized spacial score (nSPS) is 25.8. The molecule has 21 heavy (non-hydrogen) atoms. The average Bonchev–Trinajstić information content (AvgIpc) is 2.46. The number of amides is 2. The number of benzene rings is 1. The second-order valence-electron chi connectivity index (χ2n) is 5.86. The van der Waals surface area contributed by atoms with E-state index in [1.807, 2.05) is 6.92 Å². The molecule has 0 spiro atoms. The number of carbonyl (C=O) groups excluding carboxylic acids is 2. The fraction of sp³-hybridized carbons (Fsp3) is 0.529. The third-order valence-corrected chi connectivity index (χ3v) is 4.60. The minimum absolute atomic E-state index is 0.245. The summed E-state index contributed by atoms with van der Waals surface area (Å²) in [6.07, 6.45) is 3.65. The summed E-state index contributed by atoms with van der Waals surface area (Å²) in [5, 5.41) is 2.38. The van der Waals surface area contributed by atoms with Crippen molar-refractivity contribution < 1.29 is 14.0 Å². The lowest BCUT2D eigenvalue weighted by Crippen LogP contribution is -2.50. The molecule has 1 aromatic carbocycles. The summed E-state index contributed by atoms with van der Waals surface area (Å²) >= 11 is 0. The van der Waals surface area contributed by atoms with Crippen molar-refractivity contribution in [3.63, 3.8) is 0 Å². The summed E-state index contributed by atoms with van der Waals surface area (Å²) < 4.78 is 14.2. The first-order valence-corrected chi connectivity index (χ1v) is 7.62. The largest absolute Gasteiger partial charge is 0.296 e. The SMILES string of the molecule is CCCCC1(CC)CC(=O)NC(=O)C1c1ccccc1F. The van der Waals surface area contributed by atoms with Crippen LogP contribution in [0.5, 0.6) is 0 Å². The highest BCUT2D eigenvalue weighted by molar-refractivity contribution is 6.02. The van der Waals surface area contributed by atoms with Crippen LogP contribution in [0.4, 0.5) is 4.39 Å². The number of halogens is 1.